The van der Waals surface area contributed by atoms with Crippen molar-refractivity contribution in [3.05, 3.63) is 60.9 Å². The Morgan fingerprint density at radius 1 is 0.667 bits per heavy atom. The Hall–Kier alpha value is -2.75. The number of pyridine rings is 3. The third kappa shape index (κ3) is 3.00. The van der Waals surface area contributed by atoms with Crippen LogP contribution in [0, 0.1) is 0 Å². The minimum absolute atomic E-state index is 0.878. The van der Waals surface area contributed by atoms with Crippen molar-refractivity contribution in [1.82, 2.24) is 15.0 Å². The second-order valence-corrected chi connectivity index (χ2v) is 6.04. The lowest BCUT2D eigenvalue weighted by Crippen LogP contribution is -2.30. The van der Waals surface area contributed by atoms with E-state index in [0.29, 0.717) is 0 Å². The Kier molecular flexibility index (Phi) is 4.19. The fraction of sp³-hybridized carbons (Fsp3) is 0.250. The van der Waals surface area contributed by atoms with E-state index in [2.05, 4.69) is 20.9 Å². The van der Waals surface area contributed by atoms with Gasteiger partial charge in [0.05, 0.1) is 22.8 Å². The van der Waals surface area contributed by atoms with E-state index in [-0.39, 0.29) is 0 Å². The van der Waals surface area contributed by atoms with Crippen molar-refractivity contribution in [2.24, 2.45) is 0 Å². The molecule has 0 amide bonds. The van der Waals surface area contributed by atoms with Crippen LogP contribution in [0.15, 0.2) is 60.9 Å². The van der Waals surface area contributed by atoms with Crippen LogP contribution in [0.4, 0.5) is 5.69 Å². The van der Waals surface area contributed by atoms with Gasteiger partial charge in [-0.15, -0.1) is 0 Å². The van der Waals surface area contributed by atoms with Gasteiger partial charge in [0.2, 0.25) is 0 Å². The minimum atomic E-state index is 0.878. The molecule has 0 spiro atoms. The summed E-state index contributed by atoms with van der Waals surface area (Å²) in [5, 5.41) is 0. The topological polar surface area (TPSA) is 41.9 Å². The van der Waals surface area contributed by atoms with Gasteiger partial charge in [-0.2, -0.15) is 0 Å². The Balaban J connectivity index is 1.74. The smallest absolute Gasteiger partial charge is 0.112 e. The fourth-order valence-electron chi connectivity index (χ4n) is 3.21. The third-order valence-corrected chi connectivity index (χ3v) is 4.40. The first kappa shape index (κ1) is 14.8. The summed E-state index contributed by atoms with van der Waals surface area (Å²) in [4.78, 5) is 16.3. The van der Waals surface area contributed by atoms with Crippen molar-refractivity contribution < 1.29 is 0 Å². The van der Waals surface area contributed by atoms with Gasteiger partial charge in [-0.25, -0.2) is 4.98 Å². The van der Waals surface area contributed by atoms with Gasteiger partial charge in [0.25, 0.3) is 0 Å². The van der Waals surface area contributed by atoms with Gasteiger partial charge in [-0.05, 0) is 55.7 Å². The number of anilines is 1. The maximum atomic E-state index is 4.82. The van der Waals surface area contributed by atoms with Crippen LogP contribution in [0.25, 0.3) is 22.8 Å². The van der Waals surface area contributed by atoms with Gasteiger partial charge in [-0.3, -0.25) is 9.97 Å². The highest BCUT2D eigenvalue weighted by Crippen LogP contribution is 2.30. The highest BCUT2D eigenvalue weighted by atomic mass is 15.1. The molecular weight excluding hydrogens is 296 g/mol. The zero-order valence-electron chi connectivity index (χ0n) is 13.6. The molecule has 0 bridgehead atoms. The molecule has 0 saturated carbocycles. The summed E-state index contributed by atoms with van der Waals surface area (Å²) >= 11 is 0. The molecule has 0 N–H and O–H groups in total. The minimum Gasteiger partial charge on any atom is -0.370 e. The van der Waals surface area contributed by atoms with E-state index >= 15 is 0 Å². The van der Waals surface area contributed by atoms with Gasteiger partial charge in [-0.1, -0.05) is 12.1 Å². The molecule has 24 heavy (non-hydrogen) atoms. The Labute approximate surface area is 142 Å². The molecule has 4 heteroatoms. The van der Waals surface area contributed by atoms with Gasteiger partial charge in [0.1, 0.15) is 5.69 Å². The molecule has 0 aromatic carbocycles. The van der Waals surface area contributed by atoms with Crippen molar-refractivity contribution in [3.8, 4) is 22.8 Å². The van der Waals surface area contributed by atoms with E-state index < -0.39 is 0 Å². The first-order chi connectivity index (χ1) is 11.9. The number of piperidine rings is 1. The molecule has 1 aliphatic rings. The second-order valence-electron chi connectivity index (χ2n) is 6.04. The third-order valence-electron chi connectivity index (χ3n) is 4.40. The normalized spacial score (nSPS) is 14.6. The molecule has 0 aliphatic carbocycles. The molecule has 3 aromatic rings. The lowest BCUT2D eigenvalue weighted by Gasteiger charge is -2.30. The van der Waals surface area contributed by atoms with E-state index in [9.17, 15) is 0 Å². The second kappa shape index (κ2) is 6.79. The highest BCUT2D eigenvalue weighted by molar-refractivity contribution is 5.74. The highest BCUT2D eigenvalue weighted by Gasteiger charge is 2.17. The summed E-state index contributed by atoms with van der Waals surface area (Å²) in [6, 6.07) is 16.1. The monoisotopic (exact) mass is 316 g/mol. The molecule has 4 nitrogen and oxygen atoms in total. The largest absolute Gasteiger partial charge is 0.370 e. The zero-order chi connectivity index (χ0) is 16.2. The maximum absolute atomic E-state index is 4.82. The molecule has 3 aromatic heterocycles. The molecule has 0 atom stereocenters. The molecule has 0 radical (unpaired) electrons. The SMILES string of the molecule is c1ccc(-c2cccc(-c3ncccc3N3CCCCC3)n2)nc1. The number of hydrogen-bond donors (Lipinski definition) is 0. The summed E-state index contributed by atoms with van der Waals surface area (Å²) in [7, 11) is 0. The van der Waals surface area contributed by atoms with Crippen LogP contribution in [0.5, 0.6) is 0 Å². The fourth-order valence-corrected chi connectivity index (χ4v) is 3.21. The average Bonchev–Trinajstić information content (AvgIpc) is 2.69. The summed E-state index contributed by atoms with van der Waals surface area (Å²) in [6.07, 6.45) is 7.45. The van der Waals surface area contributed by atoms with Crippen molar-refractivity contribution in [2.45, 2.75) is 19.3 Å². The van der Waals surface area contributed by atoms with Crippen molar-refractivity contribution in [2.75, 3.05) is 18.0 Å². The first-order valence-corrected chi connectivity index (χ1v) is 8.50. The quantitative estimate of drug-likeness (QED) is 0.726. The molecule has 1 aliphatic heterocycles. The summed E-state index contributed by atoms with van der Waals surface area (Å²) in [6.45, 7) is 2.19. The average molecular weight is 316 g/mol. The van der Waals surface area contributed by atoms with Crippen LogP contribution < -0.4 is 4.90 Å². The van der Waals surface area contributed by atoms with Crippen LogP contribution in [0.3, 0.4) is 0 Å². The summed E-state index contributed by atoms with van der Waals surface area (Å²) < 4.78 is 0. The molecule has 0 unspecified atom stereocenters. The number of hydrogen-bond acceptors (Lipinski definition) is 4. The Morgan fingerprint density at radius 3 is 2.29 bits per heavy atom. The van der Waals surface area contributed by atoms with E-state index in [1.54, 1.807) is 6.20 Å². The van der Waals surface area contributed by atoms with E-state index in [1.165, 1.54) is 24.9 Å². The lowest BCUT2D eigenvalue weighted by molar-refractivity contribution is 0.577. The maximum Gasteiger partial charge on any atom is 0.112 e. The van der Waals surface area contributed by atoms with Crippen LogP contribution >= 0.6 is 0 Å². The van der Waals surface area contributed by atoms with Gasteiger partial charge in [0, 0.05) is 25.5 Å². The van der Waals surface area contributed by atoms with Gasteiger partial charge >= 0.3 is 0 Å². The van der Waals surface area contributed by atoms with Crippen LogP contribution in [0.2, 0.25) is 0 Å². The number of rotatable bonds is 3. The van der Waals surface area contributed by atoms with Crippen LogP contribution in [-0.4, -0.2) is 28.0 Å². The molecule has 120 valence electrons. The standard InChI is InChI=1S/C20H20N4/c1-4-14-24(15-5-1)19-11-7-13-22-20(19)18-10-6-9-17(23-18)16-8-2-3-12-21-16/h2-3,6-13H,1,4-5,14-15H2. The lowest BCUT2D eigenvalue weighted by atomic mass is 10.1. The summed E-state index contributed by atoms with van der Waals surface area (Å²) in [5.41, 5.74) is 4.80. The van der Waals surface area contributed by atoms with E-state index in [0.717, 1.165) is 35.9 Å². The number of aromatic nitrogens is 3. The Morgan fingerprint density at radius 2 is 1.46 bits per heavy atom. The van der Waals surface area contributed by atoms with E-state index in [4.69, 9.17) is 4.98 Å². The molecule has 1 saturated heterocycles. The predicted molar refractivity (Wildman–Crippen MR) is 96.8 cm³/mol. The zero-order valence-corrected chi connectivity index (χ0v) is 13.6. The summed E-state index contributed by atoms with van der Waals surface area (Å²) in [5.74, 6) is 0. The van der Waals surface area contributed by atoms with Crippen molar-refractivity contribution in [3.63, 3.8) is 0 Å². The first-order valence-electron chi connectivity index (χ1n) is 8.50. The van der Waals surface area contributed by atoms with Crippen LogP contribution in [-0.2, 0) is 0 Å². The number of nitrogens with zero attached hydrogens (tertiary/aromatic N) is 4. The Bertz CT molecular complexity index is 811. The van der Waals surface area contributed by atoms with Crippen LogP contribution in [0.1, 0.15) is 19.3 Å². The van der Waals surface area contributed by atoms with Gasteiger partial charge < -0.3 is 4.90 Å². The van der Waals surface area contributed by atoms with Gasteiger partial charge in [0.15, 0.2) is 0 Å². The molecule has 4 heterocycles. The molecule has 1 fully saturated rings. The van der Waals surface area contributed by atoms with Crippen molar-refractivity contribution in [1.29, 1.82) is 0 Å². The predicted octanol–water partition coefficient (Wildman–Crippen LogP) is 4.20. The van der Waals surface area contributed by atoms with E-state index in [1.807, 2.05) is 48.7 Å². The molecular formula is C20H20N4. The molecule has 4 rings (SSSR count). The van der Waals surface area contributed by atoms with Crippen molar-refractivity contribution >= 4 is 5.69 Å².